The lowest BCUT2D eigenvalue weighted by Gasteiger charge is -2.15. The molecule has 0 heterocycles. The van der Waals surface area contributed by atoms with E-state index in [-0.39, 0.29) is 12.5 Å². The van der Waals surface area contributed by atoms with E-state index in [9.17, 15) is 9.59 Å². The normalized spacial score (nSPS) is 12.0. The zero-order chi connectivity index (χ0) is 23.3. The highest BCUT2D eigenvalue weighted by Gasteiger charge is 2.08. The lowest BCUT2D eigenvalue weighted by atomic mass is 9.98. The molecule has 0 bridgehead atoms. The third kappa shape index (κ3) is 8.29. The molecule has 0 saturated heterocycles. The number of nitrogens with two attached hydrogens (primary N) is 1. The summed E-state index contributed by atoms with van der Waals surface area (Å²) in [7, 11) is 1.67. The second-order valence-corrected chi connectivity index (χ2v) is 7.43. The van der Waals surface area contributed by atoms with Crippen LogP contribution in [0.1, 0.15) is 47.7 Å². The number of ether oxygens (including phenoxy) is 1. The third-order valence-corrected chi connectivity index (χ3v) is 4.96. The standard InChI is InChI=1S/C24H33N5O3/c1-4-26-24(27-14-13-17(2)19-9-11-21(32-3)12-10-19)29-15-18-5-7-20(8-6-18)23(31)28-16-22(25)30/h5-12,17H,4,13-16H2,1-3H3,(H2,25,30)(H,28,31)(H2,26,27,29). The number of hydrogen-bond acceptors (Lipinski definition) is 4. The quantitative estimate of drug-likeness (QED) is 0.316. The average Bonchev–Trinajstić information content (AvgIpc) is 2.81. The topological polar surface area (TPSA) is 118 Å². The molecule has 2 amide bonds. The number of rotatable bonds is 11. The Morgan fingerprint density at radius 2 is 1.72 bits per heavy atom. The SMILES string of the molecule is CCNC(=NCc1ccc(C(=O)NCC(N)=O)cc1)NCCC(C)c1ccc(OC)cc1. The molecule has 2 rings (SSSR count). The number of benzene rings is 2. The monoisotopic (exact) mass is 439 g/mol. The Morgan fingerprint density at radius 1 is 1.03 bits per heavy atom. The predicted molar refractivity (Wildman–Crippen MR) is 127 cm³/mol. The Hall–Kier alpha value is -3.55. The molecule has 0 aromatic heterocycles. The molecule has 32 heavy (non-hydrogen) atoms. The van der Waals surface area contributed by atoms with Gasteiger partial charge in [0.25, 0.3) is 5.91 Å². The molecular weight excluding hydrogens is 406 g/mol. The van der Waals surface area contributed by atoms with Gasteiger partial charge in [0.1, 0.15) is 5.75 Å². The van der Waals surface area contributed by atoms with Crippen molar-refractivity contribution < 1.29 is 14.3 Å². The minimum Gasteiger partial charge on any atom is -0.497 e. The van der Waals surface area contributed by atoms with Crippen molar-refractivity contribution in [3.63, 3.8) is 0 Å². The number of guanidine groups is 1. The molecule has 2 aromatic carbocycles. The number of primary amides is 1. The summed E-state index contributed by atoms with van der Waals surface area (Å²) in [5.41, 5.74) is 7.76. The smallest absolute Gasteiger partial charge is 0.251 e. The van der Waals surface area contributed by atoms with Crippen LogP contribution in [0, 0.1) is 0 Å². The van der Waals surface area contributed by atoms with Crippen molar-refractivity contribution in [3.8, 4) is 5.75 Å². The van der Waals surface area contributed by atoms with Crippen LogP contribution in [0.25, 0.3) is 0 Å². The van der Waals surface area contributed by atoms with Crippen LogP contribution in [0.5, 0.6) is 5.75 Å². The molecule has 0 radical (unpaired) electrons. The molecule has 8 heteroatoms. The van der Waals surface area contributed by atoms with Gasteiger partial charge in [-0.1, -0.05) is 31.2 Å². The largest absolute Gasteiger partial charge is 0.497 e. The number of nitrogens with zero attached hydrogens (tertiary/aromatic N) is 1. The molecule has 0 aliphatic carbocycles. The van der Waals surface area contributed by atoms with Crippen LogP contribution in [-0.2, 0) is 11.3 Å². The second kappa shape index (κ2) is 13.0. The number of nitrogens with one attached hydrogen (secondary N) is 3. The Balaban J connectivity index is 1.86. The van der Waals surface area contributed by atoms with Crippen LogP contribution in [-0.4, -0.2) is 44.5 Å². The minimum absolute atomic E-state index is 0.181. The van der Waals surface area contributed by atoms with E-state index in [1.165, 1.54) is 5.56 Å². The Morgan fingerprint density at radius 3 is 2.31 bits per heavy atom. The van der Waals surface area contributed by atoms with Gasteiger partial charge in [-0.3, -0.25) is 9.59 Å². The van der Waals surface area contributed by atoms with Gasteiger partial charge in [-0.15, -0.1) is 0 Å². The van der Waals surface area contributed by atoms with E-state index in [1.54, 1.807) is 19.2 Å². The molecule has 5 N–H and O–H groups in total. The van der Waals surface area contributed by atoms with Crippen molar-refractivity contribution in [3.05, 3.63) is 65.2 Å². The van der Waals surface area contributed by atoms with E-state index >= 15 is 0 Å². The lowest BCUT2D eigenvalue weighted by Crippen LogP contribution is -2.38. The summed E-state index contributed by atoms with van der Waals surface area (Å²) in [5.74, 6) is 1.10. The van der Waals surface area contributed by atoms with Gasteiger partial charge in [-0.2, -0.15) is 0 Å². The summed E-state index contributed by atoms with van der Waals surface area (Å²) in [6.07, 6.45) is 0.964. The van der Waals surface area contributed by atoms with E-state index < -0.39 is 5.91 Å². The minimum atomic E-state index is -0.578. The lowest BCUT2D eigenvalue weighted by molar-refractivity contribution is -0.117. The van der Waals surface area contributed by atoms with E-state index in [0.29, 0.717) is 18.0 Å². The summed E-state index contributed by atoms with van der Waals surface area (Å²) < 4.78 is 5.22. The molecule has 0 spiro atoms. The van der Waals surface area contributed by atoms with Crippen LogP contribution >= 0.6 is 0 Å². The van der Waals surface area contributed by atoms with Gasteiger partial charge in [0, 0.05) is 18.7 Å². The van der Waals surface area contributed by atoms with Crippen molar-refractivity contribution in [1.29, 1.82) is 0 Å². The van der Waals surface area contributed by atoms with Crippen LogP contribution in [0.3, 0.4) is 0 Å². The van der Waals surface area contributed by atoms with E-state index in [1.807, 2.05) is 31.2 Å². The van der Waals surface area contributed by atoms with Crippen molar-refractivity contribution in [2.75, 3.05) is 26.7 Å². The molecule has 0 aliphatic rings. The molecule has 1 atom stereocenters. The Kier molecular flexibility index (Phi) is 10.0. The van der Waals surface area contributed by atoms with Crippen LogP contribution in [0.2, 0.25) is 0 Å². The fourth-order valence-corrected chi connectivity index (χ4v) is 3.05. The fourth-order valence-electron chi connectivity index (χ4n) is 3.05. The van der Waals surface area contributed by atoms with Gasteiger partial charge in [-0.25, -0.2) is 4.99 Å². The number of carbonyl (C=O) groups excluding carboxylic acids is 2. The number of hydrogen-bond donors (Lipinski definition) is 4. The second-order valence-electron chi connectivity index (χ2n) is 7.43. The van der Waals surface area contributed by atoms with Crippen LogP contribution in [0.4, 0.5) is 0 Å². The molecule has 0 saturated carbocycles. The van der Waals surface area contributed by atoms with Gasteiger partial charge in [0.05, 0.1) is 20.2 Å². The first-order chi connectivity index (χ1) is 15.4. The predicted octanol–water partition coefficient (Wildman–Crippen LogP) is 2.16. The summed E-state index contributed by atoms with van der Waals surface area (Å²) in [4.78, 5) is 27.3. The average molecular weight is 440 g/mol. The van der Waals surface area contributed by atoms with Gasteiger partial charge in [0.2, 0.25) is 5.91 Å². The summed E-state index contributed by atoms with van der Waals surface area (Å²) >= 11 is 0. The number of methoxy groups -OCH3 is 1. The van der Waals surface area contributed by atoms with Crippen LogP contribution in [0.15, 0.2) is 53.5 Å². The third-order valence-electron chi connectivity index (χ3n) is 4.96. The Bertz CT molecular complexity index is 895. The number of aliphatic imine (C=N–C) groups is 1. The molecule has 1 unspecified atom stereocenters. The maximum absolute atomic E-state index is 11.9. The summed E-state index contributed by atoms with van der Waals surface area (Å²) in [6, 6.07) is 15.3. The first-order valence-electron chi connectivity index (χ1n) is 10.7. The van der Waals surface area contributed by atoms with Crippen molar-refractivity contribution in [2.24, 2.45) is 10.7 Å². The fraction of sp³-hybridized carbons (Fsp3) is 0.375. The highest BCUT2D eigenvalue weighted by atomic mass is 16.5. The number of amides is 2. The first kappa shape index (κ1) is 24.7. The molecule has 8 nitrogen and oxygen atoms in total. The highest BCUT2D eigenvalue weighted by molar-refractivity contribution is 5.96. The van der Waals surface area contributed by atoms with Crippen molar-refractivity contribution >= 4 is 17.8 Å². The maximum Gasteiger partial charge on any atom is 0.251 e. The summed E-state index contributed by atoms with van der Waals surface area (Å²) in [6.45, 7) is 6.08. The van der Waals surface area contributed by atoms with Gasteiger partial charge < -0.3 is 26.4 Å². The molecule has 0 fully saturated rings. The van der Waals surface area contributed by atoms with E-state index in [0.717, 1.165) is 36.8 Å². The van der Waals surface area contributed by atoms with Gasteiger partial charge in [-0.05, 0) is 54.7 Å². The van der Waals surface area contributed by atoms with Crippen molar-refractivity contribution in [1.82, 2.24) is 16.0 Å². The van der Waals surface area contributed by atoms with Gasteiger partial charge in [0.15, 0.2) is 5.96 Å². The van der Waals surface area contributed by atoms with Crippen molar-refractivity contribution in [2.45, 2.75) is 32.7 Å². The zero-order valence-electron chi connectivity index (χ0n) is 19.0. The number of carbonyl (C=O) groups is 2. The van der Waals surface area contributed by atoms with E-state index in [2.05, 4.69) is 40.0 Å². The molecular formula is C24H33N5O3. The molecule has 0 aliphatic heterocycles. The zero-order valence-corrected chi connectivity index (χ0v) is 19.0. The summed E-state index contributed by atoms with van der Waals surface area (Å²) in [5, 5.41) is 9.10. The van der Waals surface area contributed by atoms with Crippen LogP contribution < -0.4 is 26.4 Å². The maximum atomic E-state index is 11.9. The molecule has 2 aromatic rings. The van der Waals surface area contributed by atoms with Gasteiger partial charge >= 0.3 is 0 Å². The highest BCUT2D eigenvalue weighted by Crippen LogP contribution is 2.21. The first-order valence-corrected chi connectivity index (χ1v) is 10.7. The van der Waals surface area contributed by atoms with E-state index in [4.69, 9.17) is 10.5 Å². The molecule has 172 valence electrons. The Labute approximate surface area is 189 Å².